The van der Waals surface area contributed by atoms with E-state index in [4.69, 9.17) is 15.2 Å². The lowest BCUT2D eigenvalue weighted by Gasteiger charge is -2.35. The molecule has 2 aromatic carbocycles. The molecule has 7 N–H and O–H groups in total. The van der Waals surface area contributed by atoms with Crippen molar-refractivity contribution in [3.05, 3.63) is 48.0 Å². The van der Waals surface area contributed by atoms with Gasteiger partial charge in [0.15, 0.2) is 11.5 Å². The van der Waals surface area contributed by atoms with Gasteiger partial charge in [0.2, 0.25) is 17.7 Å². The van der Waals surface area contributed by atoms with Crippen LogP contribution in [0.25, 0.3) is 0 Å². The molecule has 1 aliphatic rings. The zero-order chi connectivity index (χ0) is 26.2. The monoisotopic (exact) mass is 516 g/mol. The molecular formula is C23H28N6O6S. The molecule has 192 valence electrons. The molecule has 12 nitrogen and oxygen atoms in total. The summed E-state index contributed by atoms with van der Waals surface area (Å²) in [7, 11) is 2.94. The Morgan fingerprint density at radius 2 is 1.64 bits per heavy atom. The molecule has 0 spiro atoms. The Bertz CT molecular complexity index is 1130. The molecule has 1 fully saturated rings. The molecule has 3 atom stereocenters. The van der Waals surface area contributed by atoms with E-state index in [2.05, 4.69) is 26.6 Å². The van der Waals surface area contributed by atoms with Crippen LogP contribution in [0.4, 0.5) is 11.4 Å². The van der Waals surface area contributed by atoms with Crippen LogP contribution in [0.5, 0.6) is 11.5 Å². The van der Waals surface area contributed by atoms with Crippen LogP contribution >= 0.6 is 11.8 Å². The van der Waals surface area contributed by atoms with Gasteiger partial charge in [-0.05, 0) is 42.5 Å². The fourth-order valence-corrected chi connectivity index (χ4v) is 4.18. The van der Waals surface area contributed by atoms with Gasteiger partial charge >= 0.3 is 0 Å². The summed E-state index contributed by atoms with van der Waals surface area (Å²) >= 11 is 1.13. The number of nitrogens with two attached hydrogens (primary N) is 1. The molecule has 0 bridgehead atoms. The minimum Gasteiger partial charge on any atom is -0.493 e. The number of amides is 4. The summed E-state index contributed by atoms with van der Waals surface area (Å²) in [5.41, 5.74) is 6.91. The quantitative estimate of drug-likeness (QED) is 0.276. The van der Waals surface area contributed by atoms with Crippen molar-refractivity contribution in [2.75, 3.05) is 30.6 Å². The molecule has 3 unspecified atom stereocenters. The lowest BCUT2D eigenvalue weighted by Crippen LogP contribution is -2.70. The molecule has 0 radical (unpaired) electrons. The first kappa shape index (κ1) is 26.8. The maximum absolute atomic E-state index is 12.7. The standard InChI is InChI=1S/C23H28N6O6S/c1-12(30)25-14-5-7-15(8-6-14)26-18(31)11-36-23-28-20(24)19(22(33)29-23)27-21(32)13-4-9-16(34-2)17(10-13)35-3/h4-10,19-20,23,28H,11,24H2,1-3H3,(H,25,30)(H,26,31)(H,27,32)(H,29,33). The predicted octanol–water partition coefficient (Wildman–Crippen LogP) is 0.420. The minimum atomic E-state index is -1.03. The van der Waals surface area contributed by atoms with Gasteiger partial charge in [0.25, 0.3) is 5.91 Å². The van der Waals surface area contributed by atoms with E-state index in [9.17, 15) is 19.2 Å². The highest BCUT2D eigenvalue weighted by atomic mass is 32.2. The van der Waals surface area contributed by atoms with E-state index in [0.29, 0.717) is 22.9 Å². The van der Waals surface area contributed by atoms with Gasteiger partial charge < -0.3 is 36.5 Å². The largest absolute Gasteiger partial charge is 0.493 e. The van der Waals surface area contributed by atoms with Crippen LogP contribution in [-0.4, -0.2) is 61.3 Å². The third-order valence-electron chi connectivity index (χ3n) is 5.06. The summed E-state index contributed by atoms with van der Waals surface area (Å²) in [4.78, 5) is 48.7. The molecule has 1 saturated heterocycles. The van der Waals surface area contributed by atoms with E-state index in [0.717, 1.165) is 11.8 Å². The van der Waals surface area contributed by atoms with Crippen LogP contribution in [0, 0.1) is 0 Å². The van der Waals surface area contributed by atoms with Gasteiger partial charge in [0.1, 0.15) is 11.5 Å². The zero-order valence-corrected chi connectivity index (χ0v) is 20.7. The summed E-state index contributed by atoms with van der Waals surface area (Å²) < 4.78 is 10.4. The Kier molecular flexibility index (Phi) is 9.11. The second-order valence-corrected chi connectivity index (χ2v) is 8.81. The maximum atomic E-state index is 12.7. The molecule has 13 heteroatoms. The molecule has 0 saturated carbocycles. The third kappa shape index (κ3) is 7.10. The SMILES string of the molecule is COc1ccc(C(=O)NC2C(=O)NC(SCC(=O)Nc3ccc(NC(C)=O)cc3)NC2N)cc1OC. The molecular weight excluding hydrogens is 488 g/mol. The molecule has 36 heavy (non-hydrogen) atoms. The van der Waals surface area contributed by atoms with Gasteiger partial charge in [0, 0.05) is 23.9 Å². The molecule has 1 aliphatic heterocycles. The lowest BCUT2D eigenvalue weighted by molar-refractivity contribution is -0.125. The number of carbonyl (C=O) groups is 4. The fourth-order valence-electron chi connectivity index (χ4n) is 3.34. The molecule has 1 heterocycles. The first-order chi connectivity index (χ1) is 17.2. The molecule has 4 amide bonds. The number of anilines is 2. The highest BCUT2D eigenvalue weighted by Crippen LogP contribution is 2.27. The number of hydrogen-bond acceptors (Lipinski definition) is 9. The van der Waals surface area contributed by atoms with Gasteiger partial charge in [-0.1, -0.05) is 0 Å². The summed E-state index contributed by atoms with van der Waals surface area (Å²) in [6.07, 6.45) is -0.885. The van der Waals surface area contributed by atoms with Crippen molar-refractivity contribution in [2.45, 2.75) is 24.6 Å². The summed E-state index contributed by atoms with van der Waals surface area (Å²) in [6, 6.07) is 10.3. The van der Waals surface area contributed by atoms with Crippen molar-refractivity contribution < 1.29 is 28.7 Å². The second kappa shape index (κ2) is 12.2. The average molecular weight is 517 g/mol. The summed E-state index contributed by atoms with van der Waals surface area (Å²) in [6.45, 7) is 1.41. The van der Waals surface area contributed by atoms with E-state index in [-0.39, 0.29) is 23.1 Å². The Balaban J connectivity index is 1.49. The Morgan fingerprint density at radius 3 is 2.22 bits per heavy atom. The van der Waals surface area contributed by atoms with Crippen molar-refractivity contribution in [1.82, 2.24) is 16.0 Å². The number of rotatable bonds is 9. The fraction of sp³-hybridized carbons (Fsp3) is 0.304. The van der Waals surface area contributed by atoms with Crippen LogP contribution in [-0.2, 0) is 14.4 Å². The van der Waals surface area contributed by atoms with E-state index in [1.807, 2.05) is 0 Å². The topological polar surface area (TPSA) is 173 Å². The third-order valence-corrected chi connectivity index (χ3v) is 6.08. The van der Waals surface area contributed by atoms with Crippen molar-refractivity contribution in [3.8, 4) is 11.5 Å². The molecule has 3 rings (SSSR count). The first-order valence-corrected chi connectivity index (χ1v) is 11.9. The van der Waals surface area contributed by atoms with Crippen LogP contribution in [0.3, 0.4) is 0 Å². The number of hydrogen-bond donors (Lipinski definition) is 6. The van der Waals surface area contributed by atoms with Gasteiger partial charge in [-0.25, -0.2) is 0 Å². The number of nitrogens with one attached hydrogen (secondary N) is 5. The number of thioether (sulfide) groups is 1. The van der Waals surface area contributed by atoms with Crippen molar-refractivity contribution >= 4 is 46.8 Å². The van der Waals surface area contributed by atoms with E-state index in [1.165, 1.54) is 27.2 Å². The smallest absolute Gasteiger partial charge is 0.252 e. The number of benzene rings is 2. The summed E-state index contributed by atoms with van der Waals surface area (Å²) in [5, 5.41) is 13.6. The van der Waals surface area contributed by atoms with Gasteiger partial charge in [-0.3, -0.25) is 24.5 Å². The lowest BCUT2D eigenvalue weighted by atomic mass is 10.1. The van der Waals surface area contributed by atoms with Gasteiger partial charge in [-0.15, -0.1) is 11.8 Å². The Labute approximate surface area is 212 Å². The zero-order valence-electron chi connectivity index (χ0n) is 19.9. The van der Waals surface area contributed by atoms with Crippen LogP contribution in [0.15, 0.2) is 42.5 Å². The molecule has 2 aromatic rings. The minimum absolute atomic E-state index is 0.0286. The normalized spacial score (nSPS) is 19.0. The summed E-state index contributed by atoms with van der Waals surface area (Å²) in [5.74, 6) is -0.606. The van der Waals surface area contributed by atoms with Crippen molar-refractivity contribution in [2.24, 2.45) is 5.73 Å². The first-order valence-electron chi connectivity index (χ1n) is 10.8. The van der Waals surface area contributed by atoms with Gasteiger partial charge in [-0.2, -0.15) is 0 Å². The number of ether oxygens (including phenoxy) is 2. The van der Waals surface area contributed by atoms with Gasteiger partial charge in [0.05, 0.1) is 26.1 Å². The van der Waals surface area contributed by atoms with Crippen molar-refractivity contribution in [1.29, 1.82) is 0 Å². The van der Waals surface area contributed by atoms with E-state index >= 15 is 0 Å². The second-order valence-electron chi connectivity index (χ2n) is 7.72. The highest BCUT2D eigenvalue weighted by Gasteiger charge is 2.35. The molecule has 0 aromatic heterocycles. The van der Waals surface area contributed by atoms with E-state index < -0.39 is 29.5 Å². The van der Waals surface area contributed by atoms with E-state index in [1.54, 1.807) is 36.4 Å². The van der Waals surface area contributed by atoms with Crippen LogP contribution in [0.1, 0.15) is 17.3 Å². The predicted molar refractivity (Wildman–Crippen MR) is 136 cm³/mol. The number of methoxy groups -OCH3 is 2. The highest BCUT2D eigenvalue weighted by molar-refractivity contribution is 8.00. The number of carbonyl (C=O) groups excluding carboxylic acids is 4. The Hall–Kier alpha value is -3.81. The van der Waals surface area contributed by atoms with Crippen LogP contribution in [0.2, 0.25) is 0 Å². The van der Waals surface area contributed by atoms with Crippen molar-refractivity contribution in [3.63, 3.8) is 0 Å². The molecule has 0 aliphatic carbocycles. The average Bonchev–Trinajstić information content (AvgIpc) is 2.85. The van der Waals surface area contributed by atoms with Crippen LogP contribution < -0.4 is 41.8 Å². The Morgan fingerprint density at radius 1 is 1.00 bits per heavy atom. The maximum Gasteiger partial charge on any atom is 0.252 e.